The Labute approximate surface area is 169 Å². The number of hydrogen-bond donors (Lipinski definition) is 2. The lowest BCUT2D eigenvalue weighted by Gasteiger charge is -2.31. The number of carbonyl (C=O) groups is 2. The minimum atomic E-state index is -0.158. The predicted molar refractivity (Wildman–Crippen MR) is 108 cm³/mol. The molecular formula is C20H22ClN3O4. The molecule has 0 radical (unpaired) electrons. The Kier molecular flexibility index (Phi) is 5.94. The Bertz CT molecular complexity index is 867. The zero-order valence-electron chi connectivity index (χ0n) is 15.2. The molecule has 0 aliphatic carbocycles. The molecule has 4 rings (SSSR count). The van der Waals surface area contributed by atoms with Crippen LogP contribution in [0.4, 0.5) is 11.4 Å². The van der Waals surface area contributed by atoms with Gasteiger partial charge in [-0.2, -0.15) is 0 Å². The average molecular weight is 404 g/mol. The number of nitrogens with two attached hydrogens (primary N) is 1. The Balaban J connectivity index is 0.00000225. The van der Waals surface area contributed by atoms with E-state index in [0.29, 0.717) is 54.4 Å². The number of hydrogen-bond acceptors (Lipinski definition) is 5. The standard InChI is InChI=1S/C20H21N3O4.ClH/c21-15-10-17-18(27-12-26-17)11-16(15)22-19(24)13-6-8-23(9-7-13)20(25)14-4-2-1-3-5-14;/h1-5,10-11,13H,6-9,12,21H2,(H,22,24);1H. The van der Waals surface area contributed by atoms with Gasteiger partial charge in [0.25, 0.3) is 5.91 Å². The molecule has 8 heteroatoms. The molecule has 0 unspecified atom stereocenters. The molecule has 0 atom stereocenters. The van der Waals surface area contributed by atoms with Crippen molar-refractivity contribution in [3.63, 3.8) is 0 Å². The Morgan fingerprint density at radius 1 is 1.04 bits per heavy atom. The van der Waals surface area contributed by atoms with Crippen LogP contribution in [0.5, 0.6) is 11.5 Å². The largest absolute Gasteiger partial charge is 0.454 e. The highest BCUT2D eigenvalue weighted by Gasteiger charge is 2.28. The minimum absolute atomic E-state index is 0. The van der Waals surface area contributed by atoms with Gasteiger partial charge < -0.3 is 25.4 Å². The molecule has 2 aromatic rings. The maximum Gasteiger partial charge on any atom is 0.253 e. The summed E-state index contributed by atoms with van der Waals surface area (Å²) in [5.41, 5.74) is 7.62. The molecule has 2 aliphatic rings. The van der Waals surface area contributed by atoms with Gasteiger partial charge in [0.1, 0.15) is 0 Å². The van der Waals surface area contributed by atoms with E-state index in [-0.39, 0.29) is 36.9 Å². The van der Waals surface area contributed by atoms with Crippen molar-refractivity contribution in [3.8, 4) is 11.5 Å². The smallest absolute Gasteiger partial charge is 0.253 e. The molecule has 7 nitrogen and oxygen atoms in total. The molecule has 3 N–H and O–H groups in total. The molecule has 2 heterocycles. The van der Waals surface area contributed by atoms with E-state index in [0.717, 1.165) is 0 Å². The number of ether oxygens (including phenoxy) is 2. The molecule has 2 aliphatic heterocycles. The number of benzene rings is 2. The highest BCUT2D eigenvalue weighted by molar-refractivity contribution is 5.97. The van der Waals surface area contributed by atoms with Crippen molar-refractivity contribution in [1.82, 2.24) is 4.90 Å². The summed E-state index contributed by atoms with van der Waals surface area (Å²) in [7, 11) is 0. The second-order valence-corrected chi connectivity index (χ2v) is 6.71. The topological polar surface area (TPSA) is 93.9 Å². The van der Waals surface area contributed by atoms with Crippen LogP contribution in [-0.4, -0.2) is 36.6 Å². The van der Waals surface area contributed by atoms with Gasteiger partial charge in [-0.1, -0.05) is 18.2 Å². The third-order valence-electron chi connectivity index (χ3n) is 4.98. The third-order valence-corrected chi connectivity index (χ3v) is 4.98. The first-order chi connectivity index (χ1) is 13.1. The second kappa shape index (κ2) is 8.39. The molecule has 148 valence electrons. The molecule has 0 spiro atoms. The Hall–Kier alpha value is -2.93. The molecule has 2 amide bonds. The van der Waals surface area contributed by atoms with E-state index < -0.39 is 0 Å². The van der Waals surface area contributed by atoms with E-state index >= 15 is 0 Å². The van der Waals surface area contributed by atoms with Gasteiger partial charge in [-0.15, -0.1) is 12.4 Å². The summed E-state index contributed by atoms with van der Waals surface area (Å²) in [6.45, 7) is 1.27. The Morgan fingerprint density at radius 3 is 2.36 bits per heavy atom. The van der Waals surface area contributed by atoms with Gasteiger partial charge in [0.05, 0.1) is 11.4 Å². The van der Waals surface area contributed by atoms with E-state index in [1.807, 2.05) is 30.3 Å². The fourth-order valence-corrected chi connectivity index (χ4v) is 3.41. The summed E-state index contributed by atoms with van der Waals surface area (Å²) in [5, 5.41) is 2.88. The maximum atomic E-state index is 12.6. The quantitative estimate of drug-likeness (QED) is 0.768. The predicted octanol–water partition coefficient (Wildman–Crippen LogP) is 2.91. The number of rotatable bonds is 3. The summed E-state index contributed by atoms with van der Waals surface area (Å²) in [6, 6.07) is 12.5. The van der Waals surface area contributed by atoms with Crippen LogP contribution in [0, 0.1) is 5.92 Å². The molecule has 0 saturated carbocycles. The number of amides is 2. The second-order valence-electron chi connectivity index (χ2n) is 6.71. The zero-order chi connectivity index (χ0) is 18.8. The number of nitrogens with one attached hydrogen (secondary N) is 1. The van der Waals surface area contributed by atoms with Crippen LogP contribution in [0.25, 0.3) is 0 Å². The summed E-state index contributed by atoms with van der Waals surface area (Å²) < 4.78 is 10.6. The number of carbonyl (C=O) groups excluding carboxylic acids is 2. The number of nitrogens with zero attached hydrogens (tertiary/aromatic N) is 1. The van der Waals surface area contributed by atoms with Gasteiger partial charge in [0.15, 0.2) is 11.5 Å². The van der Waals surface area contributed by atoms with Crippen molar-refractivity contribution in [2.45, 2.75) is 12.8 Å². The number of piperidine rings is 1. The van der Waals surface area contributed by atoms with Crippen molar-refractivity contribution in [1.29, 1.82) is 0 Å². The van der Waals surface area contributed by atoms with Crippen LogP contribution in [-0.2, 0) is 4.79 Å². The lowest BCUT2D eigenvalue weighted by molar-refractivity contribution is -0.121. The van der Waals surface area contributed by atoms with Crippen LogP contribution >= 0.6 is 12.4 Å². The Morgan fingerprint density at radius 2 is 1.68 bits per heavy atom. The maximum absolute atomic E-state index is 12.6. The van der Waals surface area contributed by atoms with Crippen LogP contribution < -0.4 is 20.5 Å². The number of nitrogen functional groups attached to an aromatic ring is 1. The number of fused-ring (bicyclic) bond motifs is 1. The number of anilines is 2. The molecule has 0 bridgehead atoms. The highest BCUT2D eigenvalue weighted by atomic mass is 35.5. The van der Waals surface area contributed by atoms with E-state index in [1.165, 1.54) is 0 Å². The van der Waals surface area contributed by atoms with Crippen LogP contribution in [0.1, 0.15) is 23.2 Å². The zero-order valence-corrected chi connectivity index (χ0v) is 16.0. The summed E-state index contributed by atoms with van der Waals surface area (Å²) in [4.78, 5) is 26.9. The van der Waals surface area contributed by atoms with E-state index in [1.54, 1.807) is 17.0 Å². The molecule has 2 aromatic carbocycles. The van der Waals surface area contributed by atoms with Crippen LogP contribution in [0.3, 0.4) is 0 Å². The van der Waals surface area contributed by atoms with Crippen molar-refractivity contribution in [3.05, 3.63) is 48.0 Å². The fourth-order valence-electron chi connectivity index (χ4n) is 3.41. The minimum Gasteiger partial charge on any atom is -0.454 e. The molecule has 0 aromatic heterocycles. The summed E-state index contributed by atoms with van der Waals surface area (Å²) in [6.07, 6.45) is 1.24. The lowest BCUT2D eigenvalue weighted by atomic mass is 9.95. The first-order valence-corrected chi connectivity index (χ1v) is 8.96. The molecule has 1 fully saturated rings. The van der Waals surface area contributed by atoms with Gasteiger partial charge >= 0.3 is 0 Å². The highest BCUT2D eigenvalue weighted by Crippen LogP contribution is 2.38. The first kappa shape index (κ1) is 19.8. The third kappa shape index (κ3) is 3.99. The fraction of sp³-hybridized carbons (Fsp3) is 0.300. The van der Waals surface area contributed by atoms with Gasteiger partial charge in [-0.25, -0.2) is 0 Å². The lowest BCUT2D eigenvalue weighted by Crippen LogP contribution is -2.41. The van der Waals surface area contributed by atoms with Gasteiger partial charge in [0, 0.05) is 36.7 Å². The van der Waals surface area contributed by atoms with E-state index in [9.17, 15) is 9.59 Å². The normalized spacial score (nSPS) is 15.6. The van der Waals surface area contributed by atoms with Crippen LogP contribution in [0.2, 0.25) is 0 Å². The first-order valence-electron chi connectivity index (χ1n) is 8.96. The van der Waals surface area contributed by atoms with E-state index in [4.69, 9.17) is 15.2 Å². The molecular weight excluding hydrogens is 382 g/mol. The number of halogens is 1. The SMILES string of the molecule is Cl.Nc1cc2c(cc1NC(=O)C1CCN(C(=O)c3ccccc3)CC1)OCO2. The average Bonchev–Trinajstić information content (AvgIpc) is 3.15. The van der Waals surface area contributed by atoms with Gasteiger partial charge in [0.2, 0.25) is 12.7 Å². The van der Waals surface area contributed by atoms with E-state index in [2.05, 4.69) is 5.32 Å². The summed E-state index contributed by atoms with van der Waals surface area (Å²) in [5.74, 6) is 0.914. The van der Waals surface area contributed by atoms with Crippen LogP contribution in [0.15, 0.2) is 42.5 Å². The molecule has 28 heavy (non-hydrogen) atoms. The molecule has 1 saturated heterocycles. The van der Waals surface area contributed by atoms with Crippen molar-refractivity contribution >= 4 is 35.6 Å². The van der Waals surface area contributed by atoms with Gasteiger partial charge in [-0.05, 0) is 25.0 Å². The number of likely N-dealkylation sites (tertiary alicyclic amines) is 1. The van der Waals surface area contributed by atoms with Crippen molar-refractivity contribution < 1.29 is 19.1 Å². The van der Waals surface area contributed by atoms with Crippen molar-refractivity contribution in [2.75, 3.05) is 30.9 Å². The van der Waals surface area contributed by atoms with Crippen molar-refractivity contribution in [2.24, 2.45) is 5.92 Å². The van der Waals surface area contributed by atoms with Gasteiger partial charge in [-0.3, -0.25) is 9.59 Å². The monoisotopic (exact) mass is 403 g/mol. The summed E-state index contributed by atoms with van der Waals surface area (Å²) >= 11 is 0.